The number of carbonyl (C=O) groups excluding carboxylic acids is 5. The average molecular weight is 655 g/mol. The van der Waals surface area contributed by atoms with Crippen LogP contribution in [0.15, 0.2) is 84.9 Å². The summed E-state index contributed by atoms with van der Waals surface area (Å²) in [5, 5.41) is 0. The van der Waals surface area contributed by atoms with E-state index in [-0.39, 0.29) is 28.8 Å². The number of anilines is 1. The maximum absolute atomic E-state index is 14.6. The molecule has 1 heterocycles. The largest absolute Gasteiger partial charge is 0.424 e. The van der Waals surface area contributed by atoms with E-state index in [1.54, 1.807) is 84.9 Å². The number of nitrogens with zero attached hydrogens (tertiary/aromatic N) is 2. The van der Waals surface area contributed by atoms with Gasteiger partial charge in [-0.25, -0.2) is 9.69 Å². The summed E-state index contributed by atoms with van der Waals surface area (Å²) in [7, 11) is 1.21. The van der Waals surface area contributed by atoms with Crippen LogP contribution in [0.1, 0.15) is 116 Å². The number of unbranched alkanes of at least 4 members (excludes halogenated alkanes) is 9. The van der Waals surface area contributed by atoms with E-state index in [0.29, 0.717) is 6.42 Å². The van der Waals surface area contributed by atoms with Crippen molar-refractivity contribution in [3.8, 4) is 0 Å². The first-order valence-corrected chi connectivity index (χ1v) is 17.0. The van der Waals surface area contributed by atoms with Gasteiger partial charge in [-0.05, 0) is 30.7 Å². The van der Waals surface area contributed by atoms with Crippen molar-refractivity contribution in [1.29, 1.82) is 0 Å². The number of amides is 4. The lowest BCUT2D eigenvalue weighted by Gasteiger charge is -2.41. The van der Waals surface area contributed by atoms with Gasteiger partial charge < -0.3 is 9.47 Å². The Morgan fingerprint density at radius 1 is 0.708 bits per heavy atom. The van der Waals surface area contributed by atoms with Gasteiger partial charge in [0.15, 0.2) is 0 Å². The Hall–Kier alpha value is -4.63. The second-order valence-electron chi connectivity index (χ2n) is 12.1. The zero-order valence-corrected chi connectivity index (χ0v) is 28.2. The second kappa shape index (κ2) is 17.5. The number of hydrogen-bond donors (Lipinski definition) is 0. The number of hydrogen-bond acceptors (Lipinski definition) is 7. The molecular formula is C39H46N2O7. The van der Waals surface area contributed by atoms with E-state index in [1.165, 1.54) is 46.1 Å². The third-order valence-electron chi connectivity index (χ3n) is 8.81. The van der Waals surface area contributed by atoms with Crippen molar-refractivity contribution in [1.82, 2.24) is 4.90 Å². The van der Waals surface area contributed by atoms with Crippen LogP contribution in [0.2, 0.25) is 0 Å². The number of ketones is 1. The summed E-state index contributed by atoms with van der Waals surface area (Å²) in [6.45, 7) is 3.40. The molecule has 4 amide bonds. The van der Waals surface area contributed by atoms with Crippen LogP contribution in [0.4, 0.5) is 10.5 Å². The first-order chi connectivity index (χ1) is 23.3. The molecule has 48 heavy (non-hydrogen) atoms. The molecule has 9 nitrogen and oxygen atoms in total. The minimum atomic E-state index is -2.48. The molecule has 1 aliphatic heterocycles. The summed E-state index contributed by atoms with van der Waals surface area (Å²) >= 11 is 0. The Morgan fingerprint density at radius 2 is 1.19 bits per heavy atom. The lowest BCUT2D eigenvalue weighted by atomic mass is 9.90. The van der Waals surface area contributed by atoms with Gasteiger partial charge in [0.2, 0.25) is 11.7 Å². The average Bonchev–Trinajstić information content (AvgIpc) is 3.35. The van der Waals surface area contributed by atoms with Crippen molar-refractivity contribution in [2.45, 2.75) is 96.3 Å². The molecule has 0 radical (unpaired) electrons. The monoisotopic (exact) mass is 654 g/mol. The van der Waals surface area contributed by atoms with Gasteiger partial charge in [-0.3, -0.25) is 24.1 Å². The van der Waals surface area contributed by atoms with Crippen molar-refractivity contribution in [3.05, 3.63) is 102 Å². The summed E-state index contributed by atoms with van der Waals surface area (Å²) < 4.78 is 12.0. The van der Waals surface area contributed by atoms with Gasteiger partial charge in [0, 0.05) is 19.6 Å². The molecule has 0 N–H and O–H groups in total. The molecule has 0 fully saturated rings. The summed E-state index contributed by atoms with van der Waals surface area (Å²) in [6.07, 6.45) is 9.44. The van der Waals surface area contributed by atoms with Gasteiger partial charge in [0.1, 0.15) is 6.04 Å². The first-order valence-electron chi connectivity index (χ1n) is 17.0. The van der Waals surface area contributed by atoms with Gasteiger partial charge in [0.25, 0.3) is 11.8 Å². The molecule has 4 rings (SSSR count). The quantitative estimate of drug-likeness (QED) is 0.0586. The molecular weight excluding hydrogens is 608 g/mol. The van der Waals surface area contributed by atoms with Crippen LogP contribution in [0.3, 0.4) is 0 Å². The molecule has 0 spiro atoms. The first kappa shape index (κ1) is 36.2. The van der Waals surface area contributed by atoms with E-state index in [1.807, 2.05) is 0 Å². The van der Waals surface area contributed by atoms with Crippen LogP contribution < -0.4 is 4.90 Å². The van der Waals surface area contributed by atoms with Gasteiger partial charge in [0.05, 0.1) is 16.8 Å². The molecule has 0 bridgehead atoms. The van der Waals surface area contributed by atoms with E-state index in [9.17, 15) is 24.0 Å². The molecule has 1 aliphatic rings. The smallest absolute Gasteiger partial charge is 0.406 e. The maximum atomic E-state index is 14.6. The van der Waals surface area contributed by atoms with Crippen molar-refractivity contribution >= 4 is 35.3 Å². The van der Waals surface area contributed by atoms with Gasteiger partial charge >= 0.3 is 11.9 Å². The third-order valence-corrected chi connectivity index (χ3v) is 8.81. The van der Waals surface area contributed by atoms with Crippen LogP contribution >= 0.6 is 0 Å². The molecule has 2 atom stereocenters. The highest BCUT2D eigenvalue weighted by atomic mass is 16.7. The standard InChI is InChI=1S/C39H46N2O7/c1-4-5-6-7-8-9-10-11-12-19-28-34(41-36(44)32-26-20-21-27-33(32)37(41)45)39(47-3,35(43)30-22-15-13-16-23-30)48-38(46)40(29(2)42)31-24-17-14-18-25-31/h13-18,20-27,34H,4-12,19,28H2,1-3H3. The topological polar surface area (TPSA) is 110 Å². The Balaban J connectivity index is 1.71. The lowest BCUT2D eigenvalue weighted by molar-refractivity contribution is -0.179. The minimum Gasteiger partial charge on any atom is -0.406 e. The van der Waals surface area contributed by atoms with E-state index in [2.05, 4.69) is 6.92 Å². The van der Waals surface area contributed by atoms with Gasteiger partial charge in [-0.2, -0.15) is 0 Å². The van der Waals surface area contributed by atoms with E-state index in [4.69, 9.17) is 9.47 Å². The van der Waals surface area contributed by atoms with Crippen LogP contribution in [0, 0.1) is 0 Å². The van der Waals surface area contributed by atoms with Crippen LogP contribution in [-0.4, -0.2) is 53.4 Å². The molecule has 3 aromatic rings. The number of benzene rings is 3. The lowest BCUT2D eigenvalue weighted by Crippen LogP contribution is -2.63. The summed E-state index contributed by atoms with van der Waals surface area (Å²) in [6, 6.07) is 21.4. The number of Topliss-reactive ketones (excluding diaryl/α,β-unsaturated/α-hetero) is 1. The van der Waals surface area contributed by atoms with Crippen molar-refractivity contribution < 1.29 is 33.4 Å². The molecule has 254 valence electrons. The number of para-hydroxylation sites is 1. The van der Waals surface area contributed by atoms with Gasteiger partial charge in [-0.15, -0.1) is 0 Å². The van der Waals surface area contributed by atoms with Gasteiger partial charge in [-0.1, -0.05) is 132 Å². The molecule has 0 saturated carbocycles. The van der Waals surface area contributed by atoms with E-state index in [0.717, 1.165) is 35.5 Å². The number of fused-ring (bicyclic) bond motifs is 1. The predicted molar refractivity (Wildman–Crippen MR) is 184 cm³/mol. The third kappa shape index (κ3) is 8.26. The van der Waals surface area contributed by atoms with E-state index < -0.39 is 41.4 Å². The second-order valence-corrected chi connectivity index (χ2v) is 12.1. The molecule has 0 aliphatic carbocycles. The molecule has 0 saturated heterocycles. The molecule has 3 aromatic carbocycles. The highest BCUT2D eigenvalue weighted by molar-refractivity contribution is 6.22. The SMILES string of the molecule is CCCCCCCCCCCCC(N1C(=O)c2ccccc2C1=O)C(OC)(OC(=O)N(C(C)=O)c1ccccc1)C(=O)c1ccccc1. The number of carbonyl (C=O) groups is 5. The van der Waals surface area contributed by atoms with Crippen LogP contribution in [0.25, 0.3) is 0 Å². The number of rotatable bonds is 18. The Labute approximate surface area is 283 Å². The molecule has 2 unspecified atom stereocenters. The van der Waals surface area contributed by atoms with Crippen LogP contribution in [0.5, 0.6) is 0 Å². The fraction of sp³-hybridized carbons (Fsp3) is 0.410. The van der Waals surface area contributed by atoms with Crippen LogP contribution in [-0.2, 0) is 14.3 Å². The maximum Gasteiger partial charge on any atom is 0.424 e. The highest BCUT2D eigenvalue weighted by Crippen LogP contribution is 2.37. The Morgan fingerprint density at radius 3 is 1.69 bits per heavy atom. The van der Waals surface area contributed by atoms with Crippen molar-refractivity contribution in [3.63, 3.8) is 0 Å². The Bertz CT molecular complexity index is 1520. The number of imide groups is 2. The number of methoxy groups -OCH3 is 1. The molecule has 9 heteroatoms. The molecule has 0 aromatic heterocycles. The highest BCUT2D eigenvalue weighted by Gasteiger charge is 2.57. The van der Waals surface area contributed by atoms with Crippen molar-refractivity contribution in [2.75, 3.05) is 12.0 Å². The Kier molecular flexibility index (Phi) is 13.2. The summed E-state index contributed by atoms with van der Waals surface area (Å²) in [4.78, 5) is 71.1. The minimum absolute atomic E-state index is 0.118. The van der Waals surface area contributed by atoms with E-state index >= 15 is 0 Å². The normalized spacial score (nSPS) is 14.3. The summed E-state index contributed by atoms with van der Waals surface area (Å²) in [5.74, 6) is -5.12. The zero-order chi connectivity index (χ0) is 34.5. The summed E-state index contributed by atoms with van der Waals surface area (Å²) in [5.41, 5.74) is 0.743. The predicted octanol–water partition coefficient (Wildman–Crippen LogP) is 8.38. The fourth-order valence-corrected chi connectivity index (χ4v) is 6.30. The fourth-order valence-electron chi connectivity index (χ4n) is 6.30. The number of ether oxygens (including phenoxy) is 2. The van der Waals surface area contributed by atoms with Crippen molar-refractivity contribution in [2.24, 2.45) is 0 Å². The zero-order valence-electron chi connectivity index (χ0n) is 28.2.